The third-order valence-corrected chi connectivity index (χ3v) is 6.35. The van der Waals surface area contributed by atoms with Crippen LogP contribution in [0.3, 0.4) is 0 Å². The number of rotatable bonds is 2. The van der Waals surface area contributed by atoms with Gasteiger partial charge >= 0.3 is 0 Å². The Morgan fingerprint density at radius 2 is 1.44 bits per heavy atom. The average molecular weight is 366 g/mol. The summed E-state index contributed by atoms with van der Waals surface area (Å²) in [6.07, 6.45) is 0.918. The number of fused-ring (bicyclic) bond motifs is 2. The van der Waals surface area contributed by atoms with E-state index in [1.54, 1.807) is 0 Å². The zero-order chi connectivity index (χ0) is 18.1. The van der Waals surface area contributed by atoms with Gasteiger partial charge in [0.15, 0.2) is 0 Å². The maximum Gasteiger partial charge on any atom is 0.0769 e. The number of hydrogen-bond donors (Lipinski definition) is 0. The van der Waals surface area contributed by atoms with Crippen LogP contribution in [0.15, 0.2) is 107 Å². The normalized spacial score (nSPS) is 16.4. The van der Waals surface area contributed by atoms with E-state index in [9.17, 15) is 0 Å². The molecule has 0 saturated carbocycles. The van der Waals surface area contributed by atoms with Crippen molar-refractivity contribution >= 4 is 33.9 Å². The zero-order valence-electron chi connectivity index (χ0n) is 14.9. The summed E-state index contributed by atoms with van der Waals surface area (Å²) < 4.78 is 0. The topological polar surface area (TPSA) is 12.4 Å². The lowest BCUT2D eigenvalue weighted by Crippen LogP contribution is -2.05. The highest BCUT2D eigenvalue weighted by atomic mass is 32.2. The predicted octanol–water partition coefficient (Wildman–Crippen LogP) is 7.20. The lowest BCUT2D eigenvalue weighted by molar-refractivity contribution is 1.01. The zero-order valence-corrected chi connectivity index (χ0v) is 15.7. The fourth-order valence-electron chi connectivity index (χ4n) is 3.62. The highest BCUT2D eigenvalue weighted by Crippen LogP contribution is 2.45. The Labute approximate surface area is 163 Å². The van der Waals surface area contributed by atoms with Crippen molar-refractivity contribution in [2.45, 2.75) is 16.6 Å². The Morgan fingerprint density at radius 3 is 2.33 bits per heavy atom. The van der Waals surface area contributed by atoms with Gasteiger partial charge in [0.2, 0.25) is 0 Å². The van der Waals surface area contributed by atoms with Gasteiger partial charge < -0.3 is 0 Å². The minimum absolute atomic E-state index is 0.361. The molecular formula is C25H19NS. The number of benzene rings is 4. The Kier molecular flexibility index (Phi) is 4.27. The van der Waals surface area contributed by atoms with Crippen LogP contribution in [0.25, 0.3) is 10.8 Å². The third kappa shape index (κ3) is 3.29. The van der Waals surface area contributed by atoms with E-state index in [1.165, 1.54) is 26.8 Å². The Bertz CT molecular complexity index is 1130. The summed E-state index contributed by atoms with van der Waals surface area (Å²) in [5.41, 5.74) is 4.80. The molecule has 0 amide bonds. The summed E-state index contributed by atoms with van der Waals surface area (Å²) in [6, 6.07) is 34.5. The van der Waals surface area contributed by atoms with E-state index in [4.69, 9.17) is 4.99 Å². The summed E-state index contributed by atoms with van der Waals surface area (Å²) in [5.74, 6) is 0. The second kappa shape index (κ2) is 7.05. The molecule has 1 aliphatic rings. The monoisotopic (exact) mass is 365 g/mol. The largest absolute Gasteiger partial charge is 0.252 e. The molecule has 5 rings (SSSR count). The molecule has 1 heterocycles. The summed E-state index contributed by atoms with van der Waals surface area (Å²) >= 11 is 1.92. The first-order valence-electron chi connectivity index (χ1n) is 9.24. The standard InChI is InChI=1S/C25H19NS/c1-2-9-19(10-3-1)25-17-23(26-22-12-6-7-13-24(22)27-25)21-15-14-18-8-4-5-11-20(18)16-21/h1-16,25H,17H2. The van der Waals surface area contributed by atoms with E-state index in [0.29, 0.717) is 5.25 Å². The molecule has 2 heteroatoms. The van der Waals surface area contributed by atoms with Crippen LogP contribution in [0.1, 0.15) is 22.8 Å². The molecular weight excluding hydrogens is 346 g/mol. The summed E-state index contributed by atoms with van der Waals surface area (Å²) in [7, 11) is 0. The van der Waals surface area contributed by atoms with Gasteiger partial charge in [0.25, 0.3) is 0 Å². The van der Waals surface area contributed by atoms with Crippen molar-refractivity contribution in [1.82, 2.24) is 0 Å². The first-order valence-corrected chi connectivity index (χ1v) is 10.1. The van der Waals surface area contributed by atoms with Crippen molar-refractivity contribution in [3.05, 3.63) is 108 Å². The molecule has 0 spiro atoms. The van der Waals surface area contributed by atoms with Crippen LogP contribution in [-0.4, -0.2) is 5.71 Å². The molecule has 130 valence electrons. The molecule has 1 unspecified atom stereocenters. The van der Waals surface area contributed by atoms with Gasteiger partial charge in [0.1, 0.15) is 0 Å². The van der Waals surface area contributed by atoms with Gasteiger partial charge in [-0.15, -0.1) is 11.8 Å². The molecule has 27 heavy (non-hydrogen) atoms. The quantitative estimate of drug-likeness (QED) is 0.366. The second-order valence-electron chi connectivity index (χ2n) is 6.81. The van der Waals surface area contributed by atoms with Crippen LogP contribution in [-0.2, 0) is 0 Å². The fraction of sp³-hybridized carbons (Fsp3) is 0.0800. The van der Waals surface area contributed by atoms with E-state index < -0.39 is 0 Å². The first-order chi connectivity index (χ1) is 13.4. The van der Waals surface area contributed by atoms with Crippen molar-refractivity contribution in [3.8, 4) is 0 Å². The Hall–Kier alpha value is -2.84. The van der Waals surface area contributed by atoms with Gasteiger partial charge in [0.05, 0.1) is 5.69 Å². The highest BCUT2D eigenvalue weighted by molar-refractivity contribution is 7.99. The van der Waals surface area contributed by atoms with Crippen molar-refractivity contribution in [1.29, 1.82) is 0 Å². The fourth-order valence-corrected chi connectivity index (χ4v) is 4.85. The third-order valence-electron chi connectivity index (χ3n) is 5.02. The van der Waals surface area contributed by atoms with E-state index in [0.717, 1.165) is 17.8 Å². The molecule has 0 saturated heterocycles. The van der Waals surface area contributed by atoms with Crippen molar-refractivity contribution < 1.29 is 0 Å². The van der Waals surface area contributed by atoms with E-state index in [2.05, 4.69) is 97.1 Å². The molecule has 0 fully saturated rings. The number of hydrogen-bond acceptors (Lipinski definition) is 2. The van der Waals surface area contributed by atoms with Crippen LogP contribution in [0, 0.1) is 0 Å². The van der Waals surface area contributed by atoms with Gasteiger partial charge in [-0.2, -0.15) is 0 Å². The molecule has 1 nitrogen and oxygen atoms in total. The second-order valence-corrected chi connectivity index (χ2v) is 8.05. The number of nitrogens with zero attached hydrogens (tertiary/aromatic N) is 1. The molecule has 0 radical (unpaired) electrons. The minimum Gasteiger partial charge on any atom is -0.252 e. The van der Waals surface area contributed by atoms with Crippen molar-refractivity contribution in [2.24, 2.45) is 4.99 Å². The van der Waals surface area contributed by atoms with Crippen LogP contribution in [0.5, 0.6) is 0 Å². The number of aliphatic imine (C=N–C) groups is 1. The Balaban J connectivity index is 1.63. The van der Waals surface area contributed by atoms with E-state index >= 15 is 0 Å². The van der Waals surface area contributed by atoms with Crippen LogP contribution in [0.4, 0.5) is 5.69 Å². The molecule has 4 aromatic carbocycles. The van der Waals surface area contributed by atoms with Crippen molar-refractivity contribution in [2.75, 3.05) is 0 Å². The average Bonchev–Trinajstić information content (AvgIpc) is 2.94. The molecule has 0 aliphatic carbocycles. The highest BCUT2D eigenvalue weighted by Gasteiger charge is 2.22. The van der Waals surface area contributed by atoms with E-state index in [-0.39, 0.29) is 0 Å². The van der Waals surface area contributed by atoms with Gasteiger partial charge in [0, 0.05) is 22.3 Å². The maximum absolute atomic E-state index is 5.09. The number of thioether (sulfide) groups is 1. The molecule has 0 N–H and O–H groups in total. The van der Waals surface area contributed by atoms with Gasteiger partial charge in [-0.05, 0) is 40.1 Å². The molecule has 0 bridgehead atoms. The van der Waals surface area contributed by atoms with E-state index in [1.807, 2.05) is 11.8 Å². The smallest absolute Gasteiger partial charge is 0.0769 e. The predicted molar refractivity (Wildman–Crippen MR) is 116 cm³/mol. The molecule has 1 aliphatic heterocycles. The van der Waals surface area contributed by atoms with Crippen LogP contribution in [0.2, 0.25) is 0 Å². The lowest BCUT2D eigenvalue weighted by Gasteiger charge is -2.16. The van der Waals surface area contributed by atoms with Gasteiger partial charge in [-0.25, -0.2) is 0 Å². The van der Waals surface area contributed by atoms with Gasteiger partial charge in [-0.3, -0.25) is 4.99 Å². The van der Waals surface area contributed by atoms with Gasteiger partial charge in [-0.1, -0.05) is 78.9 Å². The summed E-state index contributed by atoms with van der Waals surface area (Å²) in [4.78, 5) is 6.34. The van der Waals surface area contributed by atoms with Crippen LogP contribution < -0.4 is 0 Å². The number of para-hydroxylation sites is 1. The summed E-state index contributed by atoms with van der Waals surface area (Å²) in [6.45, 7) is 0. The SMILES string of the molecule is c1ccc(C2CC(c3ccc4ccccc4c3)=Nc3ccccc3S2)cc1. The molecule has 0 aromatic heterocycles. The Morgan fingerprint density at radius 1 is 0.704 bits per heavy atom. The first kappa shape index (κ1) is 16.3. The molecule has 4 aromatic rings. The maximum atomic E-state index is 5.09. The van der Waals surface area contributed by atoms with Crippen molar-refractivity contribution in [3.63, 3.8) is 0 Å². The minimum atomic E-state index is 0.361. The molecule has 1 atom stereocenters. The lowest BCUT2D eigenvalue weighted by atomic mass is 9.98. The van der Waals surface area contributed by atoms with Crippen LogP contribution >= 0.6 is 11.8 Å². The summed E-state index contributed by atoms with van der Waals surface area (Å²) in [5, 5.41) is 2.89.